The average molecular weight is 343 g/mol. The van der Waals surface area contributed by atoms with Crippen LogP contribution < -0.4 is 10.9 Å². The molecule has 0 fully saturated rings. The normalized spacial score (nSPS) is 12.2. The Kier molecular flexibility index (Phi) is 4.01. The third kappa shape index (κ3) is 2.86. The molecule has 4 aromatic rings. The zero-order chi connectivity index (χ0) is 18.1. The first kappa shape index (κ1) is 16.1. The lowest BCUT2D eigenvalue weighted by Crippen LogP contribution is -2.30. The molecular weight excluding hydrogens is 326 g/mol. The molecule has 1 aromatic heterocycles. The Hall–Kier alpha value is -3.40. The fourth-order valence-corrected chi connectivity index (χ4v) is 3.13. The van der Waals surface area contributed by atoms with Gasteiger partial charge in [0.05, 0.1) is 6.04 Å². The van der Waals surface area contributed by atoms with E-state index < -0.39 is 11.5 Å². The first-order valence-corrected chi connectivity index (χ1v) is 8.45. The van der Waals surface area contributed by atoms with E-state index in [2.05, 4.69) is 5.32 Å². The van der Waals surface area contributed by atoms with Crippen LogP contribution in [0.1, 0.15) is 28.9 Å². The number of nitrogens with one attached hydrogen (secondary N) is 1. The molecule has 0 saturated heterocycles. The number of carbonyl (C=O) groups is 1. The van der Waals surface area contributed by atoms with Crippen molar-refractivity contribution in [1.82, 2.24) is 5.32 Å². The monoisotopic (exact) mass is 343 g/mol. The zero-order valence-electron chi connectivity index (χ0n) is 14.2. The molecule has 4 heteroatoms. The Morgan fingerprint density at radius 2 is 1.65 bits per heavy atom. The largest absolute Gasteiger partial charge is 0.422 e. The smallest absolute Gasteiger partial charge is 0.349 e. The van der Waals surface area contributed by atoms with Crippen LogP contribution in [0.15, 0.2) is 82.0 Å². The highest BCUT2D eigenvalue weighted by molar-refractivity contribution is 6.07. The third-order valence-electron chi connectivity index (χ3n) is 4.53. The van der Waals surface area contributed by atoms with E-state index in [0.29, 0.717) is 5.58 Å². The Morgan fingerprint density at radius 1 is 0.923 bits per heavy atom. The van der Waals surface area contributed by atoms with E-state index in [4.69, 9.17) is 4.42 Å². The number of benzene rings is 3. The summed E-state index contributed by atoms with van der Waals surface area (Å²) in [7, 11) is 0. The molecule has 0 bridgehead atoms. The van der Waals surface area contributed by atoms with Crippen LogP contribution in [0.2, 0.25) is 0 Å². The summed E-state index contributed by atoms with van der Waals surface area (Å²) in [5.74, 6) is -0.440. The molecule has 128 valence electrons. The molecule has 0 saturated carbocycles. The lowest BCUT2D eigenvalue weighted by Gasteiger charge is -2.14. The summed E-state index contributed by atoms with van der Waals surface area (Å²) < 4.78 is 5.39. The summed E-state index contributed by atoms with van der Waals surface area (Å²) >= 11 is 0. The molecule has 4 nitrogen and oxygen atoms in total. The van der Waals surface area contributed by atoms with Crippen LogP contribution in [-0.2, 0) is 0 Å². The van der Waals surface area contributed by atoms with Gasteiger partial charge in [0.15, 0.2) is 0 Å². The highest BCUT2D eigenvalue weighted by Gasteiger charge is 2.17. The van der Waals surface area contributed by atoms with E-state index in [1.165, 1.54) is 0 Å². The van der Waals surface area contributed by atoms with Crippen LogP contribution in [0.3, 0.4) is 0 Å². The standard InChI is InChI=1S/C22H17NO3/c1-14(15-7-3-2-4-8-15)23-21(24)19-13-18-17-10-6-5-9-16(17)11-12-20(18)26-22(19)25/h2-14H,1H3,(H,23,24)/t14-/m1/s1. The number of rotatable bonds is 3. The molecule has 0 radical (unpaired) electrons. The van der Waals surface area contributed by atoms with Gasteiger partial charge in [-0.25, -0.2) is 4.79 Å². The van der Waals surface area contributed by atoms with E-state index >= 15 is 0 Å². The maximum atomic E-state index is 12.7. The van der Waals surface area contributed by atoms with Gasteiger partial charge < -0.3 is 9.73 Å². The molecule has 1 heterocycles. The Bertz CT molecular complexity index is 1160. The van der Waals surface area contributed by atoms with Gasteiger partial charge in [0.2, 0.25) is 0 Å². The predicted octanol–water partition coefficient (Wildman–Crippen LogP) is 4.44. The van der Waals surface area contributed by atoms with Crippen molar-refractivity contribution in [3.8, 4) is 0 Å². The molecule has 1 N–H and O–H groups in total. The molecule has 4 rings (SSSR count). The molecule has 0 spiro atoms. The van der Waals surface area contributed by atoms with Crippen LogP contribution in [0, 0.1) is 0 Å². The van der Waals surface area contributed by atoms with Crippen LogP contribution in [0.4, 0.5) is 0 Å². The Labute approximate surface area is 150 Å². The SMILES string of the molecule is C[C@@H](NC(=O)c1cc2c(ccc3ccccc32)oc1=O)c1ccccc1. The second kappa shape index (κ2) is 6.48. The van der Waals surface area contributed by atoms with Gasteiger partial charge in [-0.3, -0.25) is 4.79 Å². The highest BCUT2D eigenvalue weighted by Crippen LogP contribution is 2.25. The quantitative estimate of drug-likeness (QED) is 0.442. The van der Waals surface area contributed by atoms with Crippen LogP contribution in [-0.4, -0.2) is 5.91 Å². The van der Waals surface area contributed by atoms with E-state index in [-0.39, 0.29) is 11.6 Å². The van der Waals surface area contributed by atoms with E-state index in [0.717, 1.165) is 21.7 Å². The van der Waals surface area contributed by atoms with Gasteiger partial charge in [0, 0.05) is 5.39 Å². The summed E-state index contributed by atoms with van der Waals surface area (Å²) in [6, 6.07) is 22.5. The minimum Gasteiger partial charge on any atom is -0.422 e. The van der Waals surface area contributed by atoms with Gasteiger partial charge in [-0.2, -0.15) is 0 Å². The van der Waals surface area contributed by atoms with Crippen molar-refractivity contribution < 1.29 is 9.21 Å². The lowest BCUT2D eigenvalue weighted by atomic mass is 10.0. The van der Waals surface area contributed by atoms with Gasteiger partial charge in [0.25, 0.3) is 5.91 Å². The molecule has 0 aliphatic carbocycles. The van der Waals surface area contributed by atoms with Crippen LogP contribution >= 0.6 is 0 Å². The molecule has 0 unspecified atom stereocenters. The zero-order valence-corrected chi connectivity index (χ0v) is 14.2. The average Bonchev–Trinajstić information content (AvgIpc) is 2.67. The van der Waals surface area contributed by atoms with Crippen molar-refractivity contribution in [1.29, 1.82) is 0 Å². The number of carbonyl (C=O) groups excluding carboxylic acids is 1. The fourth-order valence-electron chi connectivity index (χ4n) is 3.13. The summed E-state index contributed by atoms with van der Waals surface area (Å²) in [5, 5.41) is 5.59. The fraction of sp³-hybridized carbons (Fsp3) is 0.0909. The summed E-state index contributed by atoms with van der Waals surface area (Å²) in [4.78, 5) is 25.0. The van der Waals surface area contributed by atoms with Crippen molar-refractivity contribution in [2.75, 3.05) is 0 Å². The molecular formula is C22H17NO3. The van der Waals surface area contributed by atoms with Gasteiger partial charge in [-0.05, 0) is 35.4 Å². The second-order valence-corrected chi connectivity index (χ2v) is 6.25. The van der Waals surface area contributed by atoms with Crippen molar-refractivity contribution in [2.45, 2.75) is 13.0 Å². The summed E-state index contributed by atoms with van der Waals surface area (Å²) in [6.07, 6.45) is 0. The number of amides is 1. The molecule has 0 aliphatic rings. The minimum atomic E-state index is -0.634. The van der Waals surface area contributed by atoms with Crippen molar-refractivity contribution in [2.24, 2.45) is 0 Å². The van der Waals surface area contributed by atoms with E-state index in [1.54, 1.807) is 12.1 Å². The van der Waals surface area contributed by atoms with Gasteiger partial charge in [-0.1, -0.05) is 60.7 Å². The molecule has 3 aromatic carbocycles. The van der Waals surface area contributed by atoms with E-state index in [9.17, 15) is 9.59 Å². The summed E-state index contributed by atoms with van der Waals surface area (Å²) in [6.45, 7) is 1.88. The molecule has 26 heavy (non-hydrogen) atoms. The molecule has 1 amide bonds. The van der Waals surface area contributed by atoms with Gasteiger partial charge >= 0.3 is 5.63 Å². The minimum absolute atomic E-state index is 0.0108. The van der Waals surface area contributed by atoms with Crippen LogP contribution in [0.25, 0.3) is 21.7 Å². The molecule has 0 aliphatic heterocycles. The van der Waals surface area contributed by atoms with Crippen molar-refractivity contribution >= 4 is 27.6 Å². The number of hydrogen-bond acceptors (Lipinski definition) is 3. The van der Waals surface area contributed by atoms with Crippen molar-refractivity contribution in [3.05, 3.63) is 94.3 Å². The summed E-state index contributed by atoms with van der Waals surface area (Å²) in [5.41, 5.74) is 0.819. The first-order valence-electron chi connectivity index (χ1n) is 8.45. The Balaban J connectivity index is 1.76. The topological polar surface area (TPSA) is 59.3 Å². The number of fused-ring (bicyclic) bond motifs is 3. The maximum absolute atomic E-state index is 12.7. The van der Waals surface area contributed by atoms with Crippen molar-refractivity contribution in [3.63, 3.8) is 0 Å². The lowest BCUT2D eigenvalue weighted by molar-refractivity contribution is 0.0936. The second-order valence-electron chi connectivity index (χ2n) is 6.25. The Morgan fingerprint density at radius 3 is 2.46 bits per heavy atom. The van der Waals surface area contributed by atoms with Crippen LogP contribution in [0.5, 0.6) is 0 Å². The molecule has 1 atom stereocenters. The highest BCUT2D eigenvalue weighted by atomic mass is 16.4. The predicted molar refractivity (Wildman–Crippen MR) is 102 cm³/mol. The van der Waals surface area contributed by atoms with Gasteiger partial charge in [-0.15, -0.1) is 0 Å². The van der Waals surface area contributed by atoms with E-state index in [1.807, 2.05) is 67.6 Å². The first-order chi connectivity index (χ1) is 12.6. The maximum Gasteiger partial charge on any atom is 0.349 e. The number of hydrogen-bond donors (Lipinski definition) is 1. The third-order valence-corrected chi connectivity index (χ3v) is 4.53. The van der Waals surface area contributed by atoms with Gasteiger partial charge in [0.1, 0.15) is 11.1 Å².